The third kappa shape index (κ3) is 2.32. The van der Waals surface area contributed by atoms with Gasteiger partial charge in [0.1, 0.15) is 4.83 Å². The van der Waals surface area contributed by atoms with Crippen molar-refractivity contribution in [2.45, 2.75) is 0 Å². The van der Waals surface area contributed by atoms with Crippen LogP contribution in [0.15, 0.2) is 28.1 Å². The molecule has 2 N–H and O–H groups in total. The Hall–Kier alpha value is -1.80. The van der Waals surface area contributed by atoms with E-state index in [9.17, 15) is 8.78 Å². The zero-order valence-electron chi connectivity index (χ0n) is 9.73. The molecule has 2 heterocycles. The number of aromatic nitrogens is 2. The molecule has 1 aromatic carbocycles. The SMILES string of the molecule is Nc1nc(Oc2cc(Br)cc(F)c2F)c2ccsc2n1. The lowest BCUT2D eigenvalue weighted by molar-refractivity contribution is 0.408. The lowest BCUT2D eigenvalue weighted by Crippen LogP contribution is -1.99. The molecule has 2 aromatic heterocycles. The van der Waals surface area contributed by atoms with Crippen molar-refractivity contribution < 1.29 is 13.5 Å². The van der Waals surface area contributed by atoms with E-state index in [1.807, 2.05) is 0 Å². The van der Waals surface area contributed by atoms with Crippen molar-refractivity contribution in [2.24, 2.45) is 0 Å². The van der Waals surface area contributed by atoms with Crippen LogP contribution in [0.4, 0.5) is 14.7 Å². The van der Waals surface area contributed by atoms with E-state index in [1.165, 1.54) is 17.4 Å². The lowest BCUT2D eigenvalue weighted by Gasteiger charge is -2.08. The molecule has 0 bridgehead atoms. The molecule has 0 aliphatic rings. The molecule has 0 saturated heterocycles. The Bertz CT molecular complexity index is 809. The van der Waals surface area contributed by atoms with Gasteiger partial charge in [0, 0.05) is 4.47 Å². The first-order chi connectivity index (χ1) is 9.54. The van der Waals surface area contributed by atoms with Gasteiger partial charge in [-0.05, 0) is 23.6 Å². The second kappa shape index (κ2) is 4.95. The van der Waals surface area contributed by atoms with E-state index in [1.54, 1.807) is 11.4 Å². The number of benzene rings is 1. The first kappa shape index (κ1) is 13.2. The average Bonchev–Trinajstić information content (AvgIpc) is 2.83. The summed E-state index contributed by atoms with van der Waals surface area (Å²) in [5.74, 6) is -2.29. The topological polar surface area (TPSA) is 61.0 Å². The smallest absolute Gasteiger partial charge is 0.233 e. The van der Waals surface area contributed by atoms with Crippen LogP contribution in [0, 0.1) is 11.6 Å². The average molecular weight is 358 g/mol. The van der Waals surface area contributed by atoms with E-state index in [4.69, 9.17) is 10.5 Å². The normalized spacial score (nSPS) is 10.9. The molecule has 0 fully saturated rings. The number of fused-ring (bicyclic) bond motifs is 1. The molecule has 102 valence electrons. The number of rotatable bonds is 2. The van der Waals surface area contributed by atoms with E-state index < -0.39 is 11.6 Å². The van der Waals surface area contributed by atoms with Gasteiger partial charge in [-0.1, -0.05) is 15.9 Å². The summed E-state index contributed by atoms with van der Waals surface area (Å²) in [4.78, 5) is 8.55. The number of hydrogen-bond acceptors (Lipinski definition) is 5. The fourth-order valence-corrected chi connectivity index (χ4v) is 2.80. The highest BCUT2D eigenvalue weighted by Gasteiger charge is 2.15. The summed E-state index contributed by atoms with van der Waals surface area (Å²) in [5.41, 5.74) is 5.56. The van der Waals surface area contributed by atoms with Gasteiger partial charge >= 0.3 is 0 Å². The summed E-state index contributed by atoms with van der Waals surface area (Å²) in [7, 11) is 0. The zero-order chi connectivity index (χ0) is 14.3. The summed E-state index contributed by atoms with van der Waals surface area (Å²) in [6.07, 6.45) is 0. The third-order valence-electron chi connectivity index (χ3n) is 2.47. The molecule has 0 amide bonds. The van der Waals surface area contributed by atoms with E-state index in [0.29, 0.717) is 14.7 Å². The van der Waals surface area contributed by atoms with Gasteiger partial charge in [0.25, 0.3) is 0 Å². The molecule has 0 aliphatic heterocycles. The van der Waals surface area contributed by atoms with Crippen LogP contribution in [0.2, 0.25) is 0 Å². The highest BCUT2D eigenvalue weighted by atomic mass is 79.9. The van der Waals surface area contributed by atoms with Crippen LogP contribution in [0.25, 0.3) is 10.2 Å². The van der Waals surface area contributed by atoms with Crippen LogP contribution < -0.4 is 10.5 Å². The zero-order valence-corrected chi connectivity index (χ0v) is 12.1. The minimum atomic E-state index is -1.09. The third-order valence-corrected chi connectivity index (χ3v) is 3.74. The Morgan fingerprint density at radius 1 is 1.25 bits per heavy atom. The van der Waals surface area contributed by atoms with Gasteiger partial charge in [-0.3, -0.25) is 0 Å². The molecular formula is C12H6BrF2N3OS. The van der Waals surface area contributed by atoms with Gasteiger partial charge in [-0.25, -0.2) is 9.37 Å². The molecule has 20 heavy (non-hydrogen) atoms. The molecule has 3 rings (SSSR count). The molecule has 3 aromatic rings. The predicted molar refractivity (Wildman–Crippen MR) is 76.0 cm³/mol. The quantitative estimate of drug-likeness (QED) is 0.701. The second-order valence-corrected chi connectivity index (χ2v) is 5.64. The van der Waals surface area contributed by atoms with Crippen molar-refractivity contribution in [1.29, 1.82) is 0 Å². The molecule has 0 unspecified atom stereocenters. The Morgan fingerprint density at radius 2 is 2.05 bits per heavy atom. The monoisotopic (exact) mass is 357 g/mol. The number of halogens is 3. The van der Waals surface area contributed by atoms with Gasteiger partial charge in [0.15, 0.2) is 11.6 Å². The van der Waals surface area contributed by atoms with Crippen molar-refractivity contribution >= 4 is 43.4 Å². The van der Waals surface area contributed by atoms with E-state index in [0.717, 1.165) is 6.07 Å². The summed E-state index contributed by atoms with van der Waals surface area (Å²) < 4.78 is 32.7. The Labute approximate surface area is 124 Å². The lowest BCUT2D eigenvalue weighted by atomic mass is 10.3. The molecular weight excluding hydrogens is 352 g/mol. The molecule has 8 heteroatoms. The van der Waals surface area contributed by atoms with E-state index in [2.05, 4.69) is 25.9 Å². The van der Waals surface area contributed by atoms with E-state index >= 15 is 0 Å². The summed E-state index contributed by atoms with van der Waals surface area (Å²) in [5, 5.41) is 2.37. The number of thiophene rings is 1. The highest BCUT2D eigenvalue weighted by molar-refractivity contribution is 9.10. The van der Waals surface area contributed by atoms with Crippen molar-refractivity contribution in [1.82, 2.24) is 9.97 Å². The standard InChI is InChI=1S/C12H6BrF2N3OS/c13-5-3-7(14)9(15)8(4-5)19-10-6-1-2-20-11(6)18-12(16)17-10/h1-4H,(H2,16,17,18). The summed E-state index contributed by atoms with van der Waals surface area (Å²) in [6, 6.07) is 4.05. The Balaban J connectivity index is 2.12. The Morgan fingerprint density at radius 3 is 2.85 bits per heavy atom. The first-order valence-corrected chi connectivity index (χ1v) is 7.05. The fraction of sp³-hybridized carbons (Fsp3) is 0. The van der Waals surface area contributed by atoms with Crippen LogP contribution in [0.5, 0.6) is 11.6 Å². The molecule has 0 spiro atoms. The second-order valence-electron chi connectivity index (χ2n) is 3.83. The molecule has 0 aliphatic carbocycles. The largest absolute Gasteiger partial charge is 0.435 e. The van der Waals surface area contributed by atoms with Crippen LogP contribution >= 0.6 is 27.3 Å². The number of nitrogen functional groups attached to an aromatic ring is 1. The van der Waals surface area contributed by atoms with Crippen molar-refractivity contribution in [3.05, 3.63) is 39.7 Å². The van der Waals surface area contributed by atoms with Crippen molar-refractivity contribution in [3.8, 4) is 11.6 Å². The predicted octanol–water partition coefficient (Wildman–Crippen LogP) is 4.11. The molecule has 4 nitrogen and oxygen atoms in total. The van der Waals surface area contributed by atoms with Gasteiger partial charge < -0.3 is 10.5 Å². The van der Waals surface area contributed by atoms with Gasteiger partial charge in [-0.15, -0.1) is 11.3 Å². The van der Waals surface area contributed by atoms with Crippen LogP contribution in [-0.4, -0.2) is 9.97 Å². The van der Waals surface area contributed by atoms with Crippen LogP contribution in [0.3, 0.4) is 0 Å². The van der Waals surface area contributed by atoms with Crippen molar-refractivity contribution in [3.63, 3.8) is 0 Å². The van der Waals surface area contributed by atoms with Crippen LogP contribution in [0.1, 0.15) is 0 Å². The first-order valence-electron chi connectivity index (χ1n) is 5.37. The van der Waals surface area contributed by atoms with Gasteiger partial charge in [0.05, 0.1) is 5.39 Å². The summed E-state index contributed by atoms with van der Waals surface area (Å²) in [6.45, 7) is 0. The number of nitrogens with zero attached hydrogens (tertiary/aromatic N) is 2. The van der Waals surface area contributed by atoms with E-state index in [-0.39, 0.29) is 17.6 Å². The molecule has 0 saturated carbocycles. The maximum Gasteiger partial charge on any atom is 0.233 e. The Kier molecular flexibility index (Phi) is 3.27. The minimum absolute atomic E-state index is 0.00540. The van der Waals surface area contributed by atoms with Crippen LogP contribution in [-0.2, 0) is 0 Å². The molecule has 0 radical (unpaired) electrons. The highest BCUT2D eigenvalue weighted by Crippen LogP contribution is 2.33. The summed E-state index contributed by atoms with van der Waals surface area (Å²) >= 11 is 4.42. The number of ether oxygens (including phenoxy) is 1. The minimum Gasteiger partial charge on any atom is -0.435 e. The van der Waals surface area contributed by atoms with Gasteiger partial charge in [0.2, 0.25) is 17.6 Å². The maximum absolute atomic E-state index is 13.7. The number of nitrogens with two attached hydrogens (primary N) is 1. The van der Waals surface area contributed by atoms with Gasteiger partial charge in [-0.2, -0.15) is 9.37 Å². The maximum atomic E-state index is 13.7. The number of hydrogen-bond donors (Lipinski definition) is 1. The number of anilines is 1. The molecule has 0 atom stereocenters. The van der Waals surface area contributed by atoms with Crippen molar-refractivity contribution in [2.75, 3.05) is 5.73 Å². The fourth-order valence-electron chi connectivity index (χ4n) is 1.63.